The van der Waals surface area contributed by atoms with Crippen LogP contribution in [0.3, 0.4) is 0 Å². The number of ether oxygens (including phenoxy) is 1. The van der Waals surface area contributed by atoms with Crippen LogP contribution in [0.1, 0.15) is 26.3 Å². The largest absolute Gasteiger partial charge is 0.497 e. The third-order valence-corrected chi connectivity index (χ3v) is 8.49. The van der Waals surface area contributed by atoms with Gasteiger partial charge in [-0.15, -0.1) is 0 Å². The van der Waals surface area contributed by atoms with Crippen molar-refractivity contribution in [2.75, 3.05) is 32.2 Å². The van der Waals surface area contributed by atoms with Crippen molar-refractivity contribution in [1.82, 2.24) is 9.62 Å². The maximum Gasteiger partial charge on any atom is 0.243 e. The highest BCUT2D eigenvalue weighted by molar-refractivity contribution is 7.89. The Hall–Kier alpha value is -2.27. The molecular weight excluding hydrogens is 500 g/mol. The van der Waals surface area contributed by atoms with E-state index >= 15 is 0 Å². The number of sulfonamides is 1. The van der Waals surface area contributed by atoms with Gasteiger partial charge in [-0.1, -0.05) is 51.1 Å². The predicted octanol–water partition coefficient (Wildman–Crippen LogP) is 2.44. The fraction of sp³-hybridized carbons (Fsp3) is 0.500. The van der Waals surface area contributed by atoms with Crippen molar-refractivity contribution in [3.63, 3.8) is 0 Å². The van der Waals surface area contributed by atoms with Gasteiger partial charge in [-0.3, -0.25) is 9.00 Å². The number of rotatable bonds is 14. The number of hydrogen-bond donors (Lipinski definition) is 2. The van der Waals surface area contributed by atoms with Crippen molar-refractivity contribution < 1.29 is 27.3 Å². The molecule has 0 aliphatic carbocycles. The first kappa shape index (κ1) is 30.0. The average molecular weight is 539 g/mol. The number of hydrogen-bond acceptors (Lipinski definition) is 6. The molecule has 0 heterocycles. The van der Waals surface area contributed by atoms with E-state index in [0.717, 1.165) is 5.56 Å². The molecule has 0 saturated carbocycles. The van der Waals surface area contributed by atoms with Crippen molar-refractivity contribution in [3.05, 3.63) is 60.2 Å². The van der Waals surface area contributed by atoms with Crippen molar-refractivity contribution >= 4 is 26.7 Å². The van der Waals surface area contributed by atoms with Gasteiger partial charge in [-0.2, -0.15) is 4.31 Å². The zero-order valence-electron chi connectivity index (χ0n) is 21.6. The Balaban J connectivity index is 2.32. The minimum absolute atomic E-state index is 0.00643. The molecule has 0 bridgehead atoms. The molecule has 1 amide bonds. The van der Waals surface area contributed by atoms with Crippen molar-refractivity contribution in [1.29, 1.82) is 0 Å². The Bertz CT molecular complexity index is 1090. The highest BCUT2D eigenvalue weighted by Gasteiger charge is 2.32. The molecule has 36 heavy (non-hydrogen) atoms. The monoisotopic (exact) mass is 538 g/mol. The fourth-order valence-electron chi connectivity index (χ4n) is 3.81. The Labute approximate surface area is 217 Å². The molecule has 4 atom stereocenters. The van der Waals surface area contributed by atoms with Crippen LogP contribution in [0.2, 0.25) is 0 Å². The summed E-state index contributed by atoms with van der Waals surface area (Å²) in [5.74, 6) is -0.107. The molecule has 0 saturated heterocycles. The minimum Gasteiger partial charge on any atom is -0.497 e. The topological polar surface area (TPSA) is 113 Å². The van der Waals surface area contributed by atoms with Gasteiger partial charge in [-0.05, 0) is 42.2 Å². The quantitative estimate of drug-likeness (QED) is 0.382. The molecule has 0 fully saturated rings. The molecule has 2 aromatic rings. The lowest BCUT2D eigenvalue weighted by Gasteiger charge is -2.31. The van der Waals surface area contributed by atoms with E-state index in [4.69, 9.17) is 4.74 Å². The summed E-state index contributed by atoms with van der Waals surface area (Å²) in [5, 5.41) is 14.1. The molecule has 2 N–H and O–H groups in total. The number of carbonyl (C=O) groups is 1. The molecular formula is C26H38N2O6S2. The van der Waals surface area contributed by atoms with Gasteiger partial charge in [0.1, 0.15) is 5.75 Å². The summed E-state index contributed by atoms with van der Waals surface area (Å²) in [6, 6.07) is 14.7. The number of aliphatic hydroxyl groups excluding tert-OH is 1. The van der Waals surface area contributed by atoms with E-state index in [1.54, 1.807) is 19.1 Å². The number of benzene rings is 2. The van der Waals surface area contributed by atoms with E-state index in [0.29, 0.717) is 12.2 Å². The van der Waals surface area contributed by atoms with Crippen molar-refractivity contribution in [3.8, 4) is 5.75 Å². The first-order valence-corrected chi connectivity index (χ1v) is 15.1. The van der Waals surface area contributed by atoms with Gasteiger partial charge >= 0.3 is 0 Å². The van der Waals surface area contributed by atoms with Gasteiger partial charge in [-0.25, -0.2) is 8.42 Å². The van der Waals surface area contributed by atoms with Gasteiger partial charge in [0.05, 0.1) is 24.2 Å². The van der Waals surface area contributed by atoms with Gasteiger partial charge in [0.2, 0.25) is 15.9 Å². The molecule has 0 aromatic heterocycles. The summed E-state index contributed by atoms with van der Waals surface area (Å²) >= 11 is 0. The Morgan fingerprint density at radius 1 is 1.06 bits per heavy atom. The summed E-state index contributed by atoms with van der Waals surface area (Å²) < 4.78 is 45.0. The maximum absolute atomic E-state index is 13.5. The number of methoxy groups -OCH3 is 1. The molecule has 0 aliphatic rings. The van der Waals surface area contributed by atoms with Crippen LogP contribution in [0.25, 0.3) is 0 Å². The molecule has 1 unspecified atom stereocenters. The second-order valence-corrected chi connectivity index (χ2v) is 12.8. The van der Waals surface area contributed by atoms with Crippen molar-refractivity contribution in [2.45, 2.75) is 44.2 Å². The molecule has 2 aromatic carbocycles. The van der Waals surface area contributed by atoms with E-state index in [-0.39, 0.29) is 35.6 Å². The third kappa shape index (κ3) is 8.99. The molecule has 0 radical (unpaired) electrons. The van der Waals surface area contributed by atoms with Gasteiger partial charge in [0, 0.05) is 41.8 Å². The highest BCUT2D eigenvalue weighted by Crippen LogP contribution is 2.22. The number of nitrogens with one attached hydrogen (secondary N) is 1. The molecule has 200 valence electrons. The van der Waals surface area contributed by atoms with Crippen LogP contribution >= 0.6 is 0 Å². The smallest absolute Gasteiger partial charge is 0.243 e. The Morgan fingerprint density at radius 3 is 2.19 bits per heavy atom. The predicted molar refractivity (Wildman–Crippen MR) is 143 cm³/mol. The second-order valence-electron chi connectivity index (χ2n) is 9.40. The summed E-state index contributed by atoms with van der Waals surface area (Å²) in [6.07, 6.45) is 0.669. The first-order chi connectivity index (χ1) is 16.9. The van der Waals surface area contributed by atoms with Crippen LogP contribution in [0.15, 0.2) is 59.5 Å². The number of aliphatic hydroxyl groups is 1. The summed E-state index contributed by atoms with van der Waals surface area (Å²) in [5.41, 5.74) is 0.891. The average Bonchev–Trinajstić information content (AvgIpc) is 2.83. The van der Waals surface area contributed by atoms with Gasteiger partial charge in [0.25, 0.3) is 0 Å². The van der Waals surface area contributed by atoms with Crippen LogP contribution < -0.4 is 10.1 Å². The first-order valence-electron chi connectivity index (χ1n) is 11.9. The zero-order valence-corrected chi connectivity index (χ0v) is 23.2. The number of carbonyl (C=O) groups excluding carboxylic acids is 1. The van der Waals surface area contributed by atoms with E-state index in [9.17, 15) is 22.5 Å². The second kappa shape index (κ2) is 13.9. The summed E-state index contributed by atoms with van der Waals surface area (Å²) in [7, 11) is -3.56. The van der Waals surface area contributed by atoms with E-state index in [1.165, 1.54) is 29.8 Å². The van der Waals surface area contributed by atoms with Gasteiger partial charge in [0.15, 0.2) is 0 Å². The normalized spacial score (nSPS) is 15.3. The molecule has 8 nitrogen and oxygen atoms in total. The van der Waals surface area contributed by atoms with E-state index in [2.05, 4.69) is 5.32 Å². The van der Waals surface area contributed by atoms with Crippen molar-refractivity contribution in [2.24, 2.45) is 11.8 Å². The minimum atomic E-state index is -3.92. The standard InChI is InChI=1S/C26H38N2O6S2/c1-19(2)16-28(36(32,33)23-13-11-22(34-4)12-14-23)17-25(29)24(15-21-9-7-6-8-10-21)27-26(30)20(3)18-35(5)31/h6-14,19-20,24-25,29H,15-18H2,1-5H3,(H,27,30)/t20-,24+,25-,35?/m1/s1. The van der Waals surface area contributed by atoms with E-state index < -0.39 is 38.9 Å². The fourth-order valence-corrected chi connectivity index (χ4v) is 6.29. The lowest BCUT2D eigenvalue weighted by Crippen LogP contribution is -2.52. The van der Waals surface area contributed by atoms with Gasteiger partial charge < -0.3 is 15.2 Å². The third-order valence-electron chi connectivity index (χ3n) is 5.68. The maximum atomic E-state index is 13.5. The molecule has 0 aliphatic heterocycles. The van der Waals surface area contributed by atoms with Crippen LogP contribution in [-0.2, 0) is 32.0 Å². The summed E-state index contributed by atoms with van der Waals surface area (Å²) in [6.45, 7) is 5.49. The Morgan fingerprint density at radius 2 is 1.67 bits per heavy atom. The lowest BCUT2D eigenvalue weighted by molar-refractivity contribution is -0.125. The van der Waals surface area contributed by atoms with Crippen LogP contribution in [-0.4, -0.2) is 72.3 Å². The summed E-state index contributed by atoms with van der Waals surface area (Å²) in [4.78, 5) is 12.9. The lowest BCUT2D eigenvalue weighted by atomic mass is 10.00. The van der Waals surface area contributed by atoms with Crippen LogP contribution in [0.5, 0.6) is 5.75 Å². The van der Waals surface area contributed by atoms with E-state index in [1.807, 2.05) is 44.2 Å². The Kier molecular flexibility index (Phi) is 11.5. The number of nitrogens with zero attached hydrogens (tertiary/aromatic N) is 1. The zero-order chi connectivity index (χ0) is 26.9. The van der Waals surface area contributed by atoms with Crippen LogP contribution in [0, 0.1) is 11.8 Å². The highest BCUT2D eigenvalue weighted by atomic mass is 32.2. The SMILES string of the molecule is COc1ccc(S(=O)(=O)N(CC(C)C)C[C@@H](O)[C@H](Cc2ccccc2)NC(=O)[C@H](C)CS(C)=O)cc1. The molecule has 2 rings (SSSR count). The molecule has 0 spiro atoms. The number of amides is 1. The molecule has 10 heteroatoms. The van der Waals surface area contributed by atoms with Crippen LogP contribution in [0.4, 0.5) is 0 Å².